The number of sulfonamides is 1. The van der Waals surface area contributed by atoms with Crippen molar-refractivity contribution >= 4 is 39.1 Å². The van der Waals surface area contributed by atoms with Gasteiger partial charge in [-0.1, -0.05) is 85.6 Å². The molecule has 42 heavy (non-hydrogen) atoms. The van der Waals surface area contributed by atoms with Crippen LogP contribution in [0.15, 0.2) is 72.8 Å². The average Bonchev–Trinajstić information content (AvgIpc) is 2.95. The van der Waals surface area contributed by atoms with Gasteiger partial charge in [-0.2, -0.15) is 0 Å². The molecule has 7 nitrogen and oxygen atoms in total. The second-order valence-corrected chi connectivity index (χ2v) is 12.9. The van der Waals surface area contributed by atoms with Gasteiger partial charge >= 0.3 is 0 Å². The van der Waals surface area contributed by atoms with Gasteiger partial charge < -0.3 is 10.2 Å². The average molecular weight is 612 g/mol. The number of halogens is 1. The topological polar surface area (TPSA) is 86.8 Å². The molecule has 1 N–H and O–H groups in total. The summed E-state index contributed by atoms with van der Waals surface area (Å²) in [6.45, 7) is 6.70. The van der Waals surface area contributed by atoms with Crippen LogP contribution in [0.25, 0.3) is 0 Å². The van der Waals surface area contributed by atoms with Crippen LogP contribution in [0.4, 0.5) is 5.69 Å². The Balaban J connectivity index is 1.90. The number of anilines is 1. The Morgan fingerprint density at radius 3 is 2.29 bits per heavy atom. The fraction of sp³-hybridized carbons (Fsp3) is 0.394. The molecule has 0 spiro atoms. The lowest BCUT2D eigenvalue weighted by Crippen LogP contribution is -2.50. The molecule has 0 heterocycles. The van der Waals surface area contributed by atoms with E-state index in [1.54, 1.807) is 17.0 Å². The molecule has 0 aromatic heterocycles. The summed E-state index contributed by atoms with van der Waals surface area (Å²) in [6.07, 6.45) is 3.64. The van der Waals surface area contributed by atoms with Crippen molar-refractivity contribution in [3.63, 3.8) is 0 Å². The molecule has 0 radical (unpaired) electrons. The number of nitrogens with zero attached hydrogens (tertiary/aromatic N) is 2. The number of rotatable bonds is 15. The maximum atomic E-state index is 13.9. The largest absolute Gasteiger partial charge is 0.354 e. The molecule has 0 bridgehead atoms. The first-order valence-corrected chi connectivity index (χ1v) is 16.6. The number of aryl methyl sites for hydroxylation is 1. The molecule has 0 unspecified atom stereocenters. The Hall–Kier alpha value is -3.36. The van der Waals surface area contributed by atoms with Crippen LogP contribution in [-0.2, 0) is 32.6 Å². The Kier molecular flexibility index (Phi) is 12.4. The molecule has 3 aromatic carbocycles. The molecule has 0 saturated heterocycles. The number of hydrogen-bond donors (Lipinski definition) is 1. The third-order valence-electron chi connectivity index (χ3n) is 7.40. The SMILES string of the molecule is CCCCNC(=O)[C@H](Cc1ccccc1)N(Cc1ccccc1Cl)C(=O)CCCN(c1cccc(C)c1C)S(C)(=O)=O. The lowest BCUT2D eigenvalue weighted by atomic mass is 10.0. The number of nitrogens with one attached hydrogen (secondary N) is 1. The minimum atomic E-state index is -3.59. The monoisotopic (exact) mass is 611 g/mol. The molecular formula is C33H42ClN3O4S. The summed E-state index contributed by atoms with van der Waals surface area (Å²) in [7, 11) is -3.59. The highest BCUT2D eigenvalue weighted by atomic mass is 35.5. The number of carbonyl (C=O) groups excluding carboxylic acids is 2. The first kappa shape index (κ1) is 33.1. The smallest absolute Gasteiger partial charge is 0.243 e. The lowest BCUT2D eigenvalue weighted by Gasteiger charge is -2.32. The molecule has 0 aliphatic rings. The first-order chi connectivity index (χ1) is 20.0. The highest BCUT2D eigenvalue weighted by Crippen LogP contribution is 2.26. The molecule has 9 heteroatoms. The van der Waals surface area contributed by atoms with Gasteiger partial charge in [-0.15, -0.1) is 0 Å². The van der Waals surface area contributed by atoms with Crippen molar-refractivity contribution in [2.24, 2.45) is 0 Å². The summed E-state index contributed by atoms with van der Waals surface area (Å²) >= 11 is 6.50. The molecular weight excluding hydrogens is 570 g/mol. The second-order valence-electron chi connectivity index (χ2n) is 10.6. The summed E-state index contributed by atoms with van der Waals surface area (Å²) in [4.78, 5) is 29.1. The third-order valence-corrected chi connectivity index (χ3v) is 8.94. The molecule has 226 valence electrons. The Morgan fingerprint density at radius 1 is 0.929 bits per heavy atom. The predicted molar refractivity (Wildman–Crippen MR) is 171 cm³/mol. The molecule has 1 atom stereocenters. The van der Waals surface area contributed by atoms with Gasteiger partial charge in [0.1, 0.15) is 6.04 Å². The van der Waals surface area contributed by atoms with Gasteiger partial charge in [0.15, 0.2) is 0 Å². The fourth-order valence-electron chi connectivity index (χ4n) is 4.86. The molecule has 0 aliphatic carbocycles. The van der Waals surface area contributed by atoms with Gasteiger partial charge in [-0.3, -0.25) is 13.9 Å². The van der Waals surface area contributed by atoms with E-state index in [1.165, 1.54) is 10.6 Å². The second kappa shape index (κ2) is 15.8. The van der Waals surface area contributed by atoms with Crippen LogP contribution in [0.2, 0.25) is 5.02 Å². The van der Waals surface area contributed by atoms with E-state index < -0.39 is 16.1 Å². The van der Waals surface area contributed by atoms with Gasteiger partial charge in [-0.25, -0.2) is 8.42 Å². The van der Waals surface area contributed by atoms with E-state index >= 15 is 0 Å². The molecule has 3 rings (SSSR count). The van der Waals surface area contributed by atoms with Crippen LogP contribution in [0, 0.1) is 13.8 Å². The van der Waals surface area contributed by atoms with Crippen LogP contribution in [0.1, 0.15) is 54.9 Å². The van der Waals surface area contributed by atoms with E-state index in [1.807, 2.05) is 74.5 Å². The van der Waals surface area contributed by atoms with Gasteiger partial charge in [-0.05, 0) is 61.1 Å². The van der Waals surface area contributed by atoms with Crippen LogP contribution in [-0.4, -0.2) is 50.5 Å². The van der Waals surface area contributed by atoms with Crippen molar-refractivity contribution < 1.29 is 18.0 Å². The van der Waals surface area contributed by atoms with Gasteiger partial charge in [0.05, 0.1) is 11.9 Å². The maximum Gasteiger partial charge on any atom is 0.243 e. The van der Waals surface area contributed by atoms with E-state index in [-0.39, 0.29) is 37.7 Å². The van der Waals surface area contributed by atoms with E-state index in [2.05, 4.69) is 12.2 Å². The summed E-state index contributed by atoms with van der Waals surface area (Å²) in [5, 5.41) is 3.53. The van der Waals surface area contributed by atoms with Crippen LogP contribution in [0.5, 0.6) is 0 Å². The highest BCUT2D eigenvalue weighted by Gasteiger charge is 2.31. The zero-order chi connectivity index (χ0) is 30.7. The molecule has 3 aromatic rings. The Morgan fingerprint density at radius 2 is 1.62 bits per heavy atom. The van der Waals surface area contributed by atoms with Crippen LogP contribution in [0.3, 0.4) is 0 Å². The third kappa shape index (κ3) is 9.33. The first-order valence-electron chi connectivity index (χ1n) is 14.4. The molecule has 2 amide bonds. The Labute approximate surface area is 255 Å². The molecule has 0 aliphatic heterocycles. The summed E-state index contributed by atoms with van der Waals surface area (Å²) in [5.41, 5.74) is 4.14. The van der Waals surface area contributed by atoms with E-state index in [9.17, 15) is 18.0 Å². The van der Waals surface area contributed by atoms with Crippen LogP contribution < -0.4 is 9.62 Å². The van der Waals surface area contributed by atoms with Crippen molar-refractivity contribution in [2.75, 3.05) is 23.7 Å². The van der Waals surface area contributed by atoms with Gasteiger partial charge in [0.25, 0.3) is 0 Å². The van der Waals surface area contributed by atoms with Crippen molar-refractivity contribution in [3.05, 3.63) is 100 Å². The predicted octanol–water partition coefficient (Wildman–Crippen LogP) is 6.06. The van der Waals surface area contributed by atoms with Crippen molar-refractivity contribution in [2.45, 2.75) is 65.5 Å². The number of unbranched alkanes of at least 4 members (excludes halogenated alkanes) is 1. The fourth-order valence-corrected chi connectivity index (χ4v) is 6.07. The van der Waals surface area contributed by atoms with Gasteiger partial charge in [0.2, 0.25) is 21.8 Å². The van der Waals surface area contributed by atoms with Crippen molar-refractivity contribution in [1.29, 1.82) is 0 Å². The minimum absolute atomic E-state index is 0.0644. The lowest BCUT2D eigenvalue weighted by molar-refractivity contribution is -0.141. The van der Waals surface area contributed by atoms with Crippen LogP contribution >= 0.6 is 11.6 Å². The number of hydrogen-bond acceptors (Lipinski definition) is 4. The van der Waals surface area contributed by atoms with E-state index in [4.69, 9.17) is 11.6 Å². The number of amides is 2. The molecule has 0 saturated carbocycles. The maximum absolute atomic E-state index is 13.9. The standard InChI is InChI=1S/C33H42ClN3O4S/c1-5-6-21-35-33(39)31(23-27-15-8-7-9-16-27)36(24-28-17-10-11-18-29(28)34)32(38)20-13-22-37(42(4,40)41)30-19-12-14-25(2)26(30)3/h7-12,14-19,31H,5-6,13,20-24H2,1-4H3,(H,35,39)/t31-/m0/s1. The van der Waals surface area contributed by atoms with E-state index in [0.29, 0.717) is 23.7 Å². The Bertz CT molecular complexity index is 1450. The summed E-state index contributed by atoms with van der Waals surface area (Å²) in [6, 6.07) is 21.7. The molecule has 0 fully saturated rings. The number of benzene rings is 3. The number of carbonyl (C=O) groups is 2. The summed E-state index contributed by atoms with van der Waals surface area (Å²) in [5.74, 6) is -0.461. The van der Waals surface area contributed by atoms with Crippen molar-refractivity contribution in [1.82, 2.24) is 10.2 Å². The zero-order valence-corrected chi connectivity index (χ0v) is 26.5. The van der Waals surface area contributed by atoms with Crippen molar-refractivity contribution in [3.8, 4) is 0 Å². The van der Waals surface area contributed by atoms with Gasteiger partial charge in [0, 0.05) is 37.5 Å². The van der Waals surface area contributed by atoms with E-state index in [0.717, 1.165) is 35.1 Å². The zero-order valence-electron chi connectivity index (χ0n) is 25.0. The normalized spacial score (nSPS) is 12.0. The minimum Gasteiger partial charge on any atom is -0.354 e. The summed E-state index contributed by atoms with van der Waals surface area (Å²) < 4.78 is 26.9. The quantitative estimate of drug-likeness (QED) is 0.212. The highest BCUT2D eigenvalue weighted by molar-refractivity contribution is 7.92.